The monoisotopic (exact) mass is 371 g/mol. The minimum absolute atomic E-state index is 0.426. The van der Waals surface area contributed by atoms with Gasteiger partial charge >= 0.3 is 0 Å². The van der Waals surface area contributed by atoms with Crippen LogP contribution in [0.3, 0.4) is 0 Å². The van der Waals surface area contributed by atoms with E-state index < -0.39 is 0 Å². The molecule has 2 aromatic carbocycles. The van der Waals surface area contributed by atoms with E-state index in [0.29, 0.717) is 25.0 Å². The van der Waals surface area contributed by atoms with Crippen LogP contribution in [0.25, 0.3) is 11.3 Å². The van der Waals surface area contributed by atoms with Gasteiger partial charge < -0.3 is 9.47 Å². The lowest BCUT2D eigenvalue weighted by molar-refractivity contribution is 0.268. The number of rotatable bonds is 7. The number of pyridine rings is 1. The fourth-order valence-corrected chi connectivity index (χ4v) is 2.82. The molecule has 5 heteroatoms. The van der Waals surface area contributed by atoms with Gasteiger partial charge in [0.25, 0.3) is 0 Å². The van der Waals surface area contributed by atoms with Crippen LogP contribution in [-0.2, 0) is 20.3 Å². The normalized spacial score (nSPS) is 10.6. The lowest BCUT2D eigenvalue weighted by Gasteiger charge is -2.12. The van der Waals surface area contributed by atoms with Crippen LogP contribution in [0, 0.1) is 0 Å². The lowest BCUT2D eigenvalue weighted by Crippen LogP contribution is -2.02. The average Bonchev–Trinajstić information content (AvgIpc) is 3.18. The summed E-state index contributed by atoms with van der Waals surface area (Å²) in [7, 11) is 1.89. The van der Waals surface area contributed by atoms with Crippen molar-refractivity contribution >= 4 is 0 Å². The van der Waals surface area contributed by atoms with E-state index in [0.717, 1.165) is 22.4 Å². The molecule has 140 valence electrons. The zero-order chi connectivity index (χ0) is 19.2. The summed E-state index contributed by atoms with van der Waals surface area (Å²) in [6, 6.07) is 25.8. The van der Waals surface area contributed by atoms with Crippen molar-refractivity contribution in [2.24, 2.45) is 7.05 Å². The van der Waals surface area contributed by atoms with E-state index in [-0.39, 0.29) is 0 Å². The first kappa shape index (κ1) is 17.8. The van der Waals surface area contributed by atoms with Crippen LogP contribution in [-0.4, -0.2) is 14.8 Å². The highest BCUT2D eigenvalue weighted by Crippen LogP contribution is 2.30. The summed E-state index contributed by atoms with van der Waals surface area (Å²) in [6.45, 7) is 0.880. The fraction of sp³-hybridized carbons (Fsp3) is 0.130. The molecule has 0 radical (unpaired) electrons. The van der Waals surface area contributed by atoms with Crippen molar-refractivity contribution in [3.05, 3.63) is 96.2 Å². The van der Waals surface area contributed by atoms with E-state index in [9.17, 15) is 0 Å². The zero-order valence-electron chi connectivity index (χ0n) is 15.7. The van der Waals surface area contributed by atoms with Gasteiger partial charge in [-0.15, -0.1) is 0 Å². The average molecular weight is 371 g/mol. The molecule has 0 bridgehead atoms. The number of benzene rings is 2. The fourth-order valence-electron chi connectivity index (χ4n) is 2.82. The van der Waals surface area contributed by atoms with Crippen molar-refractivity contribution < 1.29 is 9.47 Å². The Kier molecular flexibility index (Phi) is 5.33. The third-order valence-corrected chi connectivity index (χ3v) is 4.27. The Balaban J connectivity index is 1.57. The highest BCUT2D eigenvalue weighted by molar-refractivity contribution is 5.65. The van der Waals surface area contributed by atoms with E-state index in [1.807, 2.05) is 92.1 Å². The molecule has 4 rings (SSSR count). The van der Waals surface area contributed by atoms with Crippen LogP contribution < -0.4 is 9.47 Å². The van der Waals surface area contributed by atoms with E-state index >= 15 is 0 Å². The van der Waals surface area contributed by atoms with Gasteiger partial charge in [0, 0.05) is 19.3 Å². The Morgan fingerprint density at radius 1 is 0.750 bits per heavy atom. The number of ether oxygens (including phenoxy) is 2. The van der Waals surface area contributed by atoms with Crippen molar-refractivity contribution in [2.75, 3.05) is 0 Å². The summed E-state index contributed by atoms with van der Waals surface area (Å²) >= 11 is 0. The molecule has 0 N–H and O–H groups in total. The number of nitrogens with zero attached hydrogens (tertiary/aromatic N) is 3. The number of hydrogen-bond acceptors (Lipinski definition) is 4. The van der Waals surface area contributed by atoms with E-state index in [1.165, 1.54) is 0 Å². The third kappa shape index (κ3) is 4.38. The van der Waals surface area contributed by atoms with Crippen molar-refractivity contribution in [2.45, 2.75) is 13.2 Å². The molecule has 0 aliphatic rings. The maximum absolute atomic E-state index is 6.04. The van der Waals surface area contributed by atoms with Gasteiger partial charge in [-0.2, -0.15) is 10.1 Å². The molecule has 0 amide bonds. The molecule has 0 saturated carbocycles. The van der Waals surface area contributed by atoms with Crippen LogP contribution in [0.2, 0.25) is 0 Å². The molecule has 5 nitrogen and oxygen atoms in total. The Morgan fingerprint density at radius 2 is 1.39 bits per heavy atom. The van der Waals surface area contributed by atoms with Gasteiger partial charge in [0.15, 0.2) is 0 Å². The second-order valence-electron chi connectivity index (χ2n) is 6.43. The molecular formula is C23H21N3O2. The topological polar surface area (TPSA) is 49.2 Å². The van der Waals surface area contributed by atoms with Crippen LogP contribution in [0.4, 0.5) is 0 Å². The predicted molar refractivity (Wildman–Crippen MR) is 108 cm³/mol. The van der Waals surface area contributed by atoms with E-state index in [1.54, 1.807) is 4.68 Å². The molecule has 0 aliphatic heterocycles. The summed E-state index contributed by atoms with van der Waals surface area (Å²) in [5, 5.41) is 4.48. The van der Waals surface area contributed by atoms with Crippen LogP contribution in [0.15, 0.2) is 85.1 Å². The highest BCUT2D eigenvalue weighted by atomic mass is 16.5. The Morgan fingerprint density at radius 3 is 2.00 bits per heavy atom. The molecule has 0 spiro atoms. The maximum atomic E-state index is 6.04. The van der Waals surface area contributed by atoms with Gasteiger partial charge in [-0.05, 0) is 23.3 Å². The summed E-state index contributed by atoms with van der Waals surface area (Å²) in [5.74, 6) is 1.03. The Labute approximate surface area is 164 Å². The number of hydrogen-bond donors (Lipinski definition) is 0. The largest absolute Gasteiger partial charge is 0.473 e. The SMILES string of the molecule is Cn1ccc(-c2ccc(OCc3ccccc3)nc2OCc2ccccc2)n1. The van der Waals surface area contributed by atoms with Crippen LogP contribution >= 0.6 is 0 Å². The van der Waals surface area contributed by atoms with Crippen molar-refractivity contribution in [3.63, 3.8) is 0 Å². The maximum Gasteiger partial charge on any atom is 0.226 e. The smallest absolute Gasteiger partial charge is 0.226 e. The first-order valence-corrected chi connectivity index (χ1v) is 9.12. The van der Waals surface area contributed by atoms with E-state index in [2.05, 4.69) is 10.1 Å². The second kappa shape index (κ2) is 8.39. The second-order valence-corrected chi connectivity index (χ2v) is 6.43. The van der Waals surface area contributed by atoms with E-state index in [4.69, 9.17) is 9.47 Å². The zero-order valence-corrected chi connectivity index (χ0v) is 15.7. The van der Waals surface area contributed by atoms with Crippen LogP contribution in [0.1, 0.15) is 11.1 Å². The molecule has 28 heavy (non-hydrogen) atoms. The van der Waals surface area contributed by atoms with Gasteiger partial charge in [-0.1, -0.05) is 60.7 Å². The lowest BCUT2D eigenvalue weighted by atomic mass is 10.2. The minimum atomic E-state index is 0.426. The molecular weight excluding hydrogens is 350 g/mol. The van der Waals surface area contributed by atoms with Crippen molar-refractivity contribution in [1.82, 2.24) is 14.8 Å². The summed E-state index contributed by atoms with van der Waals surface area (Å²) in [5.41, 5.74) is 3.81. The first-order valence-electron chi connectivity index (χ1n) is 9.12. The van der Waals surface area contributed by atoms with Crippen LogP contribution in [0.5, 0.6) is 11.8 Å². The Bertz CT molecular complexity index is 1030. The van der Waals surface area contributed by atoms with Crippen molar-refractivity contribution in [1.29, 1.82) is 0 Å². The molecule has 0 aliphatic carbocycles. The molecule has 0 saturated heterocycles. The molecule has 4 aromatic rings. The highest BCUT2D eigenvalue weighted by Gasteiger charge is 2.13. The van der Waals surface area contributed by atoms with Crippen molar-refractivity contribution in [3.8, 4) is 23.0 Å². The molecule has 0 atom stereocenters. The Hall–Kier alpha value is -3.60. The molecule has 0 fully saturated rings. The molecule has 0 unspecified atom stereocenters. The standard InChI is InChI=1S/C23H21N3O2/c1-26-15-14-21(25-26)20-12-13-22(27-16-18-8-4-2-5-9-18)24-23(20)28-17-19-10-6-3-7-11-19/h2-15H,16-17H2,1H3. The minimum Gasteiger partial charge on any atom is -0.473 e. The number of aromatic nitrogens is 3. The van der Waals surface area contributed by atoms with Gasteiger partial charge in [-0.3, -0.25) is 4.68 Å². The third-order valence-electron chi connectivity index (χ3n) is 4.27. The molecule has 2 aromatic heterocycles. The summed E-state index contributed by atoms with van der Waals surface area (Å²) in [4.78, 5) is 4.59. The van der Waals surface area contributed by atoms with Gasteiger partial charge in [0.05, 0.1) is 11.3 Å². The summed E-state index contributed by atoms with van der Waals surface area (Å²) < 4.78 is 13.7. The van der Waals surface area contributed by atoms with Gasteiger partial charge in [0.1, 0.15) is 13.2 Å². The van der Waals surface area contributed by atoms with Gasteiger partial charge in [0.2, 0.25) is 11.8 Å². The quantitative estimate of drug-likeness (QED) is 0.475. The number of aryl methyl sites for hydroxylation is 1. The summed E-state index contributed by atoms with van der Waals surface area (Å²) in [6.07, 6.45) is 1.90. The first-order chi connectivity index (χ1) is 13.8. The van der Waals surface area contributed by atoms with Gasteiger partial charge in [-0.25, -0.2) is 0 Å². The molecule has 2 heterocycles. The predicted octanol–water partition coefficient (Wildman–Crippen LogP) is 4.64.